The van der Waals surface area contributed by atoms with E-state index in [1.165, 1.54) is 12.1 Å². The van der Waals surface area contributed by atoms with Crippen LogP contribution in [0.2, 0.25) is 0 Å². The SMILES string of the molecule is Cc1cc(I)ccc1Nc1cc(F)c(Br)cc1C(=O)NOCC(O)CO. The number of carbonyl (C=O) groups is 1. The number of rotatable bonds is 7. The molecule has 0 saturated heterocycles. The van der Waals surface area contributed by atoms with Crippen molar-refractivity contribution in [2.24, 2.45) is 0 Å². The molecule has 0 aliphatic rings. The summed E-state index contributed by atoms with van der Waals surface area (Å²) in [6, 6.07) is 8.23. The Morgan fingerprint density at radius 2 is 2.08 bits per heavy atom. The molecule has 1 unspecified atom stereocenters. The first-order valence-corrected chi connectivity index (χ1v) is 9.42. The van der Waals surface area contributed by atoms with E-state index in [1.54, 1.807) is 0 Å². The van der Waals surface area contributed by atoms with Crippen molar-refractivity contribution in [1.82, 2.24) is 5.48 Å². The van der Waals surface area contributed by atoms with E-state index in [0.717, 1.165) is 14.8 Å². The fourth-order valence-electron chi connectivity index (χ4n) is 2.06. The highest BCUT2D eigenvalue weighted by Gasteiger charge is 2.17. The lowest BCUT2D eigenvalue weighted by atomic mass is 10.1. The lowest BCUT2D eigenvalue weighted by Gasteiger charge is -2.15. The first kappa shape index (κ1) is 21.0. The van der Waals surface area contributed by atoms with E-state index >= 15 is 0 Å². The number of anilines is 2. The van der Waals surface area contributed by atoms with Gasteiger partial charge in [-0.05, 0) is 81.3 Å². The van der Waals surface area contributed by atoms with Crippen molar-refractivity contribution in [1.29, 1.82) is 0 Å². The summed E-state index contributed by atoms with van der Waals surface area (Å²) in [7, 11) is 0. The van der Waals surface area contributed by atoms with Crippen LogP contribution in [0, 0.1) is 16.3 Å². The summed E-state index contributed by atoms with van der Waals surface area (Å²) in [5.41, 5.74) is 4.25. The van der Waals surface area contributed by atoms with Crippen LogP contribution in [0.1, 0.15) is 15.9 Å². The van der Waals surface area contributed by atoms with Crippen LogP contribution in [-0.2, 0) is 4.84 Å². The molecule has 9 heteroatoms. The second kappa shape index (κ2) is 9.60. The number of benzene rings is 2. The summed E-state index contributed by atoms with van der Waals surface area (Å²) in [5.74, 6) is -1.15. The monoisotopic (exact) mass is 538 g/mol. The summed E-state index contributed by atoms with van der Waals surface area (Å²) in [5, 5.41) is 21.0. The number of nitrogens with one attached hydrogen (secondary N) is 2. The van der Waals surface area contributed by atoms with Gasteiger partial charge in [-0.2, -0.15) is 0 Å². The highest BCUT2D eigenvalue weighted by Crippen LogP contribution is 2.29. The number of hydroxylamine groups is 1. The molecule has 0 heterocycles. The zero-order chi connectivity index (χ0) is 19.3. The Morgan fingerprint density at radius 1 is 1.35 bits per heavy atom. The molecule has 0 spiro atoms. The minimum atomic E-state index is -1.11. The lowest BCUT2D eigenvalue weighted by Crippen LogP contribution is -2.30. The van der Waals surface area contributed by atoms with Gasteiger partial charge in [0, 0.05) is 9.26 Å². The van der Waals surface area contributed by atoms with Gasteiger partial charge in [0.25, 0.3) is 5.91 Å². The van der Waals surface area contributed by atoms with Crippen LogP contribution in [0.15, 0.2) is 34.8 Å². The van der Waals surface area contributed by atoms with Gasteiger partial charge < -0.3 is 15.5 Å². The number of aliphatic hydroxyl groups is 2. The van der Waals surface area contributed by atoms with E-state index in [4.69, 9.17) is 9.94 Å². The molecule has 140 valence electrons. The molecule has 26 heavy (non-hydrogen) atoms. The second-order valence-corrected chi connectivity index (χ2v) is 7.57. The molecule has 2 aromatic carbocycles. The molecule has 0 bridgehead atoms. The van der Waals surface area contributed by atoms with Gasteiger partial charge in [0.05, 0.1) is 22.3 Å². The van der Waals surface area contributed by atoms with Crippen molar-refractivity contribution >= 4 is 55.8 Å². The van der Waals surface area contributed by atoms with Crippen LogP contribution in [0.4, 0.5) is 15.8 Å². The molecule has 0 aromatic heterocycles. The number of aliphatic hydroxyl groups excluding tert-OH is 2. The van der Waals surface area contributed by atoms with E-state index in [0.29, 0.717) is 0 Å². The highest BCUT2D eigenvalue weighted by atomic mass is 127. The van der Waals surface area contributed by atoms with Crippen LogP contribution in [-0.4, -0.2) is 35.4 Å². The number of hydrogen-bond donors (Lipinski definition) is 4. The first-order valence-electron chi connectivity index (χ1n) is 7.55. The predicted molar refractivity (Wildman–Crippen MR) is 108 cm³/mol. The average molecular weight is 539 g/mol. The molecule has 6 nitrogen and oxygen atoms in total. The predicted octanol–water partition coefficient (Wildman–Crippen LogP) is 3.26. The zero-order valence-electron chi connectivity index (χ0n) is 13.7. The number of carbonyl (C=O) groups excluding carboxylic acids is 1. The average Bonchev–Trinajstić information content (AvgIpc) is 2.59. The number of hydrogen-bond acceptors (Lipinski definition) is 5. The van der Waals surface area contributed by atoms with Crippen LogP contribution in [0.5, 0.6) is 0 Å². The molecule has 1 amide bonds. The Balaban J connectivity index is 2.25. The quantitative estimate of drug-likeness (QED) is 0.321. The van der Waals surface area contributed by atoms with Gasteiger partial charge in [-0.1, -0.05) is 0 Å². The van der Waals surface area contributed by atoms with Crippen molar-refractivity contribution < 1.29 is 24.2 Å². The van der Waals surface area contributed by atoms with Gasteiger partial charge in [-0.25, -0.2) is 9.87 Å². The Labute approximate surface area is 172 Å². The van der Waals surface area contributed by atoms with Gasteiger partial charge >= 0.3 is 0 Å². The molecule has 4 N–H and O–H groups in total. The topological polar surface area (TPSA) is 90.8 Å². The van der Waals surface area contributed by atoms with Crippen LogP contribution in [0.3, 0.4) is 0 Å². The number of amides is 1. The smallest absolute Gasteiger partial charge is 0.276 e. The number of aryl methyl sites for hydroxylation is 1. The molecular formula is C17H17BrFIN2O4. The Morgan fingerprint density at radius 3 is 2.73 bits per heavy atom. The standard InChI is InChI=1S/C17H17BrFIN2O4/c1-9-4-10(20)2-3-15(9)21-16-6-14(19)13(18)5-12(16)17(25)22-26-8-11(24)7-23/h2-6,11,21,23-24H,7-8H2,1H3,(H,22,25). The van der Waals surface area contributed by atoms with Crippen LogP contribution < -0.4 is 10.8 Å². The fraction of sp³-hybridized carbons (Fsp3) is 0.235. The largest absolute Gasteiger partial charge is 0.394 e. The normalized spacial score (nSPS) is 11.9. The second-order valence-electron chi connectivity index (χ2n) is 5.47. The van der Waals surface area contributed by atoms with Gasteiger partial charge in [-0.3, -0.25) is 9.63 Å². The minimum Gasteiger partial charge on any atom is -0.394 e. The molecule has 0 aliphatic heterocycles. The Bertz CT molecular complexity index is 807. The summed E-state index contributed by atoms with van der Waals surface area (Å²) in [6.45, 7) is 1.14. The maximum Gasteiger partial charge on any atom is 0.276 e. The molecular weight excluding hydrogens is 522 g/mol. The molecule has 0 saturated carbocycles. The lowest BCUT2D eigenvalue weighted by molar-refractivity contribution is -0.0295. The number of halogens is 3. The van der Waals surface area contributed by atoms with Crippen molar-refractivity contribution in [3.63, 3.8) is 0 Å². The first-order chi connectivity index (χ1) is 12.3. The van der Waals surface area contributed by atoms with Gasteiger partial charge in [0.15, 0.2) is 0 Å². The summed E-state index contributed by atoms with van der Waals surface area (Å²) in [6.07, 6.45) is -1.11. The fourth-order valence-corrected chi connectivity index (χ4v) is 3.05. The molecule has 1 atom stereocenters. The van der Waals surface area contributed by atoms with E-state index in [-0.39, 0.29) is 22.3 Å². The van der Waals surface area contributed by atoms with Gasteiger partial charge in [-0.15, -0.1) is 0 Å². The summed E-state index contributed by atoms with van der Waals surface area (Å²) < 4.78 is 15.2. The third-order valence-electron chi connectivity index (χ3n) is 3.41. The van der Waals surface area contributed by atoms with Gasteiger partial charge in [0.1, 0.15) is 18.5 Å². The third kappa shape index (κ3) is 5.61. The molecule has 0 fully saturated rings. The van der Waals surface area contributed by atoms with E-state index < -0.39 is 24.4 Å². The Hall–Kier alpha value is -1.27. The molecule has 2 rings (SSSR count). The zero-order valence-corrected chi connectivity index (χ0v) is 17.5. The van der Waals surface area contributed by atoms with Crippen molar-refractivity contribution in [2.75, 3.05) is 18.5 Å². The summed E-state index contributed by atoms with van der Waals surface area (Å²) >= 11 is 5.25. The minimum absolute atomic E-state index is 0.128. The van der Waals surface area contributed by atoms with E-state index in [1.807, 2.05) is 25.1 Å². The maximum absolute atomic E-state index is 14.0. The molecule has 0 radical (unpaired) electrons. The molecule has 0 aliphatic carbocycles. The van der Waals surface area contributed by atoms with Crippen molar-refractivity contribution in [3.05, 3.63) is 55.3 Å². The van der Waals surface area contributed by atoms with Gasteiger partial charge in [0.2, 0.25) is 0 Å². The van der Waals surface area contributed by atoms with Crippen molar-refractivity contribution in [2.45, 2.75) is 13.0 Å². The summed E-state index contributed by atoms with van der Waals surface area (Å²) in [4.78, 5) is 17.2. The van der Waals surface area contributed by atoms with E-state index in [2.05, 4.69) is 49.3 Å². The van der Waals surface area contributed by atoms with Crippen LogP contribution in [0.25, 0.3) is 0 Å². The Kier molecular flexibility index (Phi) is 7.77. The van der Waals surface area contributed by atoms with Crippen LogP contribution >= 0.6 is 38.5 Å². The highest BCUT2D eigenvalue weighted by molar-refractivity contribution is 14.1. The van der Waals surface area contributed by atoms with E-state index in [9.17, 15) is 14.3 Å². The maximum atomic E-state index is 14.0. The molecule has 2 aromatic rings. The third-order valence-corrected chi connectivity index (χ3v) is 4.69. The van der Waals surface area contributed by atoms with Crippen molar-refractivity contribution in [3.8, 4) is 0 Å².